The Morgan fingerprint density at radius 2 is 1.86 bits per heavy atom. The second-order valence-corrected chi connectivity index (χ2v) is 5.80. The van der Waals surface area contributed by atoms with Gasteiger partial charge in [0, 0.05) is 5.38 Å². The van der Waals surface area contributed by atoms with Crippen LogP contribution in [0.5, 0.6) is 0 Å². The molecule has 0 saturated heterocycles. The zero-order chi connectivity index (χ0) is 10.6. The smallest absolute Gasteiger partial charge is 0.0364 e. The molecule has 3 unspecified atom stereocenters. The molecule has 0 heterocycles. The fraction of sp³-hybridized carbons (Fsp3) is 1.00. The minimum absolute atomic E-state index is 0.446. The molecule has 1 rings (SSSR count). The van der Waals surface area contributed by atoms with Crippen LogP contribution in [-0.4, -0.2) is 5.38 Å². The molecule has 14 heavy (non-hydrogen) atoms. The molecule has 1 fully saturated rings. The van der Waals surface area contributed by atoms with E-state index in [-0.39, 0.29) is 0 Å². The van der Waals surface area contributed by atoms with Gasteiger partial charge in [0.05, 0.1) is 0 Å². The van der Waals surface area contributed by atoms with Gasteiger partial charge in [0.15, 0.2) is 0 Å². The first-order valence-electron chi connectivity index (χ1n) is 6.29. The fourth-order valence-corrected chi connectivity index (χ4v) is 3.16. The van der Waals surface area contributed by atoms with Crippen LogP contribution in [0, 0.1) is 17.8 Å². The highest BCUT2D eigenvalue weighted by atomic mass is 35.5. The van der Waals surface area contributed by atoms with Crippen molar-refractivity contribution in [2.24, 2.45) is 17.8 Å². The van der Waals surface area contributed by atoms with Gasteiger partial charge in [0.25, 0.3) is 0 Å². The van der Waals surface area contributed by atoms with Crippen LogP contribution >= 0.6 is 11.6 Å². The highest BCUT2D eigenvalue weighted by Gasteiger charge is 2.28. The summed E-state index contributed by atoms with van der Waals surface area (Å²) < 4.78 is 0. The van der Waals surface area contributed by atoms with Gasteiger partial charge in [-0.2, -0.15) is 0 Å². The molecule has 0 aliphatic heterocycles. The lowest BCUT2D eigenvalue weighted by molar-refractivity contribution is 0.207. The molecular formula is C13H25Cl. The zero-order valence-electron chi connectivity index (χ0n) is 9.93. The Labute approximate surface area is 94.4 Å². The normalized spacial score (nSPS) is 30.6. The molecule has 1 saturated carbocycles. The third-order valence-corrected chi connectivity index (χ3v) is 4.35. The van der Waals surface area contributed by atoms with Gasteiger partial charge in [-0.1, -0.05) is 40.0 Å². The van der Waals surface area contributed by atoms with Gasteiger partial charge in [-0.3, -0.25) is 0 Å². The van der Waals surface area contributed by atoms with Crippen LogP contribution in [0.4, 0.5) is 0 Å². The van der Waals surface area contributed by atoms with Gasteiger partial charge in [-0.25, -0.2) is 0 Å². The maximum Gasteiger partial charge on any atom is 0.0364 e. The molecule has 84 valence electrons. The molecule has 0 bridgehead atoms. The van der Waals surface area contributed by atoms with Gasteiger partial charge >= 0.3 is 0 Å². The largest absolute Gasteiger partial charge is 0.123 e. The molecule has 1 aliphatic carbocycles. The van der Waals surface area contributed by atoms with Crippen molar-refractivity contribution in [1.29, 1.82) is 0 Å². The lowest BCUT2D eigenvalue weighted by Crippen LogP contribution is -2.25. The Balaban J connectivity index is 2.39. The predicted molar refractivity (Wildman–Crippen MR) is 64.8 cm³/mol. The van der Waals surface area contributed by atoms with Crippen LogP contribution < -0.4 is 0 Å². The highest BCUT2D eigenvalue weighted by molar-refractivity contribution is 6.20. The third-order valence-electron chi connectivity index (χ3n) is 3.77. The minimum atomic E-state index is 0.446. The summed E-state index contributed by atoms with van der Waals surface area (Å²) in [6, 6.07) is 0. The minimum Gasteiger partial charge on any atom is -0.123 e. The molecule has 0 N–H and O–H groups in total. The molecule has 0 nitrogen and oxygen atoms in total. The summed E-state index contributed by atoms with van der Waals surface area (Å²) in [6.07, 6.45) is 8.03. The van der Waals surface area contributed by atoms with Crippen LogP contribution in [0.25, 0.3) is 0 Å². The van der Waals surface area contributed by atoms with E-state index in [1.165, 1.54) is 38.5 Å². The number of hydrogen-bond donors (Lipinski definition) is 0. The molecule has 0 radical (unpaired) electrons. The molecule has 3 atom stereocenters. The number of alkyl halides is 1. The van der Waals surface area contributed by atoms with Crippen molar-refractivity contribution in [2.75, 3.05) is 0 Å². The maximum atomic E-state index is 6.43. The summed E-state index contributed by atoms with van der Waals surface area (Å²) in [7, 11) is 0. The Hall–Kier alpha value is 0.290. The van der Waals surface area contributed by atoms with Crippen LogP contribution in [0.3, 0.4) is 0 Å². The summed E-state index contributed by atoms with van der Waals surface area (Å²) >= 11 is 6.43. The quantitative estimate of drug-likeness (QED) is 0.589. The second-order valence-electron chi connectivity index (χ2n) is 5.24. The first-order valence-corrected chi connectivity index (χ1v) is 6.72. The monoisotopic (exact) mass is 216 g/mol. The SMILES string of the molecule is CCCC(Cl)C1CCCC(C(C)C)C1. The van der Waals surface area contributed by atoms with Crippen molar-refractivity contribution in [2.45, 2.75) is 64.7 Å². The lowest BCUT2D eigenvalue weighted by atomic mass is 9.74. The van der Waals surface area contributed by atoms with Gasteiger partial charge in [0.2, 0.25) is 0 Å². The van der Waals surface area contributed by atoms with Gasteiger partial charge in [-0.15, -0.1) is 11.6 Å². The highest BCUT2D eigenvalue weighted by Crippen LogP contribution is 2.37. The molecule has 0 aromatic carbocycles. The average molecular weight is 217 g/mol. The summed E-state index contributed by atoms with van der Waals surface area (Å²) in [5.41, 5.74) is 0. The van der Waals surface area contributed by atoms with Crippen molar-refractivity contribution >= 4 is 11.6 Å². The van der Waals surface area contributed by atoms with Crippen molar-refractivity contribution in [3.05, 3.63) is 0 Å². The van der Waals surface area contributed by atoms with Crippen molar-refractivity contribution in [3.63, 3.8) is 0 Å². The third kappa shape index (κ3) is 3.46. The molecule has 0 spiro atoms. The van der Waals surface area contributed by atoms with Gasteiger partial charge < -0.3 is 0 Å². The van der Waals surface area contributed by atoms with Crippen molar-refractivity contribution < 1.29 is 0 Å². The topological polar surface area (TPSA) is 0 Å². The van der Waals surface area contributed by atoms with E-state index in [1.807, 2.05) is 0 Å². The number of rotatable bonds is 4. The molecule has 0 aromatic heterocycles. The number of hydrogen-bond acceptors (Lipinski definition) is 0. The van der Waals surface area contributed by atoms with E-state index in [9.17, 15) is 0 Å². The van der Waals surface area contributed by atoms with Gasteiger partial charge in [-0.05, 0) is 37.0 Å². The molecule has 0 amide bonds. The van der Waals surface area contributed by atoms with Crippen LogP contribution in [0.2, 0.25) is 0 Å². The first-order chi connectivity index (χ1) is 6.65. The Morgan fingerprint density at radius 1 is 1.21 bits per heavy atom. The predicted octanol–water partition coefficient (Wildman–Crippen LogP) is 4.86. The van der Waals surface area contributed by atoms with Crippen molar-refractivity contribution in [1.82, 2.24) is 0 Å². The average Bonchev–Trinajstić information content (AvgIpc) is 2.18. The van der Waals surface area contributed by atoms with Crippen LogP contribution in [0.15, 0.2) is 0 Å². The number of halogens is 1. The molecule has 0 aromatic rings. The summed E-state index contributed by atoms with van der Waals surface area (Å²) in [5, 5.41) is 0.446. The van der Waals surface area contributed by atoms with E-state index in [1.54, 1.807) is 0 Å². The van der Waals surface area contributed by atoms with E-state index >= 15 is 0 Å². The van der Waals surface area contributed by atoms with E-state index in [2.05, 4.69) is 20.8 Å². The lowest BCUT2D eigenvalue weighted by Gasteiger charge is -2.34. The zero-order valence-corrected chi connectivity index (χ0v) is 10.7. The standard InChI is InChI=1S/C13H25Cl/c1-4-6-13(14)12-8-5-7-11(9-12)10(2)3/h10-13H,4-9H2,1-3H3. The van der Waals surface area contributed by atoms with E-state index in [0.717, 1.165) is 17.8 Å². The van der Waals surface area contributed by atoms with Gasteiger partial charge in [0.1, 0.15) is 0 Å². The Morgan fingerprint density at radius 3 is 2.43 bits per heavy atom. The second kappa shape index (κ2) is 6.00. The van der Waals surface area contributed by atoms with Crippen LogP contribution in [0.1, 0.15) is 59.3 Å². The summed E-state index contributed by atoms with van der Waals surface area (Å²) in [4.78, 5) is 0. The van der Waals surface area contributed by atoms with E-state index in [4.69, 9.17) is 11.6 Å². The molecular weight excluding hydrogens is 192 g/mol. The van der Waals surface area contributed by atoms with Crippen LogP contribution in [-0.2, 0) is 0 Å². The fourth-order valence-electron chi connectivity index (χ4n) is 2.71. The Bertz CT molecular complexity index is 153. The maximum absolute atomic E-state index is 6.43. The van der Waals surface area contributed by atoms with E-state index in [0.29, 0.717) is 5.38 Å². The van der Waals surface area contributed by atoms with E-state index < -0.39 is 0 Å². The summed E-state index contributed by atoms with van der Waals surface area (Å²) in [5.74, 6) is 2.59. The first kappa shape index (κ1) is 12.4. The molecule has 1 aliphatic rings. The Kier molecular flexibility index (Phi) is 5.30. The summed E-state index contributed by atoms with van der Waals surface area (Å²) in [6.45, 7) is 6.95. The molecule has 1 heteroatoms. The van der Waals surface area contributed by atoms with Crippen molar-refractivity contribution in [3.8, 4) is 0 Å².